The van der Waals surface area contributed by atoms with Gasteiger partial charge >= 0.3 is 0 Å². The number of aromatic nitrogens is 1. The number of nitrogens with zero attached hydrogens (tertiary/aromatic N) is 1. The fraction of sp³-hybridized carbons (Fsp3) is 0.500. The van der Waals surface area contributed by atoms with Crippen molar-refractivity contribution >= 4 is 0 Å². The Labute approximate surface area is 78.9 Å². The molecule has 0 saturated carbocycles. The van der Waals surface area contributed by atoms with Crippen LogP contribution in [0.25, 0.3) is 0 Å². The summed E-state index contributed by atoms with van der Waals surface area (Å²) in [7, 11) is 1.60. The van der Waals surface area contributed by atoms with Crippen molar-refractivity contribution in [2.45, 2.75) is 19.9 Å². The number of methoxy groups -OCH3 is 1. The van der Waals surface area contributed by atoms with Gasteiger partial charge in [-0.2, -0.15) is 0 Å². The second-order valence-corrected chi connectivity index (χ2v) is 3.40. The summed E-state index contributed by atoms with van der Waals surface area (Å²) in [4.78, 5) is 4.02. The minimum Gasteiger partial charge on any atom is -0.481 e. The molecule has 0 amide bonds. The van der Waals surface area contributed by atoms with Crippen LogP contribution in [0.2, 0.25) is 0 Å². The van der Waals surface area contributed by atoms with Crippen molar-refractivity contribution in [3.05, 3.63) is 23.9 Å². The van der Waals surface area contributed by atoms with Gasteiger partial charge in [0.25, 0.3) is 0 Å². The first-order valence-electron chi connectivity index (χ1n) is 4.40. The van der Waals surface area contributed by atoms with Gasteiger partial charge < -0.3 is 10.5 Å². The van der Waals surface area contributed by atoms with E-state index in [-0.39, 0.29) is 6.04 Å². The lowest BCUT2D eigenvalue weighted by atomic mass is 9.98. The van der Waals surface area contributed by atoms with E-state index >= 15 is 0 Å². The van der Waals surface area contributed by atoms with Crippen molar-refractivity contribution in [1.29, 1.82) is 0 Å². The molecule has 0 unspecified atom stereocenters. The quantitative estimate of drug-likeness (QED) is 0.770. The molecular formula is C10H16N2O. The predicted molar refractivity (Wildman–Crippen MR) is 52.6 cm³/mol. The third-order valence-electron chi connectivity index (χ3n) is 2.07. The molecule has 0 aliphatic heterocycles. The van der Waals surface area contributed by atoms with Crippen LogP contribution in [0.15, 0.2) is 18.3 Å². The van der Waals surface area contributed by atoms with Gasteiger partial charge in [-0.3, -0.25) is 0 Å². The Balaban J connectivity index is 2.88. The first-order chi connectivity index (χ1) is 6.15. The fourth-order valence-corrected chi connectivity index (χ4v) is 1.13. The smallest absolute Gasteiger partial charge is 0.213 e. The van der Waals surface area contributed by atoms with Crippen molar-refractivity contribution in [3.63, 3.8) is 0 Å². The van der Waals surface area contributed by atoms with E-state index in [1.165, 1.54) is 0 Å². The fourth-order valence-electron chi connectivity index (χ4n) is 1.13. The summed E-state index contributed by atoms with van der Waals surface area (Å²) < 4.78 is 5.02. The molecule has 3 nitrogen and oxygen atoms in total. The molecule has 0 aliphatic carbocycles. The molecule has 0 radical (unpaired) electrons. The number of hydrogen-bond acceptors (Lipinski definition) is 3. The maximum atomic E-state index is 5.98. The summed E-state index contributed by atoms with van der Waals surface area (Å²) >= 11 is 0. The van der Waals surface area contributed by atoms with Crippen LogP contribution in [-0.2, 0) is 0 Å². The van der Waals surface area contributed by atoms with E-state index in [9.17, 15) is 0 Å². The molecule has 13 heavy (non-hydrogen) atoms. The Morgan fingerprint density at radius 3 is 2.69 bits per heavy atom. The number of pyridine rings is 1. The van der Waals surface area contributed by atoms with E-state index in [1.54, 1.807) is 13.3 Å². The van der Waals surface area contributed by atoms with E-state index in [0.29, 0.717) is 11.8 Å². The third kappa shape index (κ3) is 2.42. The summed E-state index contributed by atoms with van der Waals surface area (Å²) in [6.45, 7) is 4.19. The van der Waals surface area contributed by atoms with E-state index in [0.717, 1.165) is 5.56 Å². The average Bonchev–Trinajstić information content (AvgIpc) is 2.16. The Morgan fingerprint density at radius 1 is 1.46 bits per heavy atom. The van der Waals surface area contributed by atoms with Crippen molar-refractivity contribution in [2.24, 2.45) is 11.7 Å². The van der Waals surface area contributed by atoms with Gasteiger partial charge in [-0.15, -0.1) is 0 Å². The lowest BCUT2D eigenvalue weighted by molar-refractivity contribution is 0.395. The minimum absolute atomic E-state index is 0.0527. The lowest BCUT2D eigenvalue weighted by Gasteiger charge is -2.15. The molecule has 3 heteroatoms. The highest BCUT2D eigenvalue weighted by Crippen LogP contribution is 2.20. The van der Waals surface area contributed by atoms with Crippen LogP contribution in [0.4, 0.5) is 0 Å². The number of hydrogen-bond donors (Lipinski definition) is 1. The van der Waals surface area contributed by atoms with Gasteiger partial charge in [-0.25, -0.2) is 4.98 Å². The van der Waals surface area contributed by atoms with Crippen molar-refractivity contribution in [1.82, 2.24) is 4.98 Å². The Morgan fingerprint density at radius 2 is 2.15 bits per heavy atom. The highest BCUT2D eigenvalue weighted by molar-refractivity contribution is 5.23. The average molecular weight is 180 g/mol. The van der Waals surface area contributed by atoms with E-state index in [1.807, 2.05) is 12.1 Å². The molecule has 1 aromatic heterocycles. The molecule has 1 aromatic rings. The SMILES string of the molecule is COc1cc([C@H](N)C(C)C)ccn1. The Bertz CT molecular complexity index is 273. The molecule has 0 saturated heterocycles. The van der Waals surface area contributed by atoms with Crippen LogP contribution in [0.3, 0.4) is 0 Å². The molecule has 0 spiro atoms. The second-order valence-electron chi connectivity index (χ2n) is 3.40. The van der Waals surface area contributed by atoms with Crippen LogP contribution in [0.5, 0.6) is 5.88 Å². The summed E-state index contributed by atoms with van der Waals surface area (Å²) in [5, 5.41) is 0. The number of nitrogens with two attached hydrogens (primary N) is 1. The maximum Gasteiger partial charge on any atom is 0.213 e. The first-order valence-corrected chi connectivity index (χ1v) is 4.40. The molecule has 0 fully saturated rings. The molecular weight excluding hydrogens is 164 g/mol. The molecule has 1 rings (SSSR count). The zero-order valence-electron chi connectivity index (χ0n) is 8.32. The molecule has 0 aromatic carbocycles. The van der Waals surface area contributed by atoms with E-state index < -0.39 is 0 Å². The van der Waals surface area contributed by atoms with Crippen LogP contribution in [0.1, 0.15) is 25.5 Å². The van der Waals surface area contributed by atoms with Crippen molar-refractivity contribution < 1.29 is 4.74 Å². The van der Waals surface area contributed by atoms with Gasteiger partial charge in [-0.05, 0) is 17.5 Å². The lowest BCUT2D eigenvalue weighted by Crippen LogP contribution is -2.16. The topological polar surface area (TPSA) is 48.1 Å². The molecule has 2 N–H and O–H groups in total. The standard InChI is InChI=1S/C10H16N2O/c1-7(2)10(11)8-4-5-12-9(6-8)13-3/h4-7,10H,11H2,1-3H3/t10-/m1/s1. The Kier molecular flexibility index (Phi) is 3.25. The normalized spacial score (nSPS) is 13.0. The van der Waals surface area contributed by atoms with Gasteiger partial charge in [0.1, 0.15) is 0 Å². The minimum atomic E-state index is 0.0527. The van der Waals surface area contributed by atoms with Crippen LogP contribution >= 0.6 is 0 Å². The van der Waals surface area contributed by atoms with Crippen molar-refractivity contribution in [2.75, 3.05) is 7.11 Å². The summed E-state index contributed by atoms with van der Waals surface area (Å²) in [5.41, 5.74) is 7.05. The maximum absolute atomic E-state index is 5.98. The van der Waals surface area contributed by atoms with Gasteiger partial charge in [0.15, 0.2) is 0 Å². The van der Waals surface area contributed by atoms with Gasteiger partial charge in [0, 0.05) is 18.3 Å². The largest absolute Gasteiger partial charge is 0.481 e. The van der Waals surface area contributed by atoms with Gasteiger partial charge in [0.2, 0.25) is 5.88 Å². The van der Waals surface area contributed by atoms with Crippen molar-refractivity contribution in [3.8, 4) is 5.88 Å². The molecule has 0 aliphatic rings. The van der Waals surface area contributed by atoms with Crippen LogP contribution in [0, 0.1) is 5.92 Å². The molecule has 1 heterocycles. The second kappa shape index (κ2) is 4.23. The van der Waals surface area contributed by atoms with Crippen LogP contribution < -0.4 is 10.5 Å². The molecule has 0 bridgehead atoms. The molecule has 72 valence electrons. The zero-order chi connectivity index (χ0) is 9.84. The van der Waals surface area contributed by atoms with E-state index in [4.69, 9.17) is 10.5 Å². The Hall–Kier alpha value is -1.09. The number of rotatable bonds is 3. The monoisotopic (exact) mass is 180 g/mol. The van der Waals surface area contributed by atoms with Crippen LogP contribution in [-0.4, -0.2) is 12.1 Å². The summed E-state index contributed by atoms with van der Waals surface area (Å²) in [5.74, 6) is 1.04. The predicted octanol–water partition coefficient (Wildman–Crippen LogP) is 1.75. The van der Waals surface area contributed by atoms with Gasteiger partial charge in [0.05, 0.1) is 7.11 Å². The third-order valence-corrected chi connectivity index (χ3v) is 2.07. The number of ether oxygens (including phenoxy) is 1. The highest BCUT2D eigenvalue weighted by Gasteiger charge is 2.10. The summed E-state index contributed by atoms with van der Waals surface area (Å²) in [6.07, 6.45) is 1.72. The highest BCUT2D eigenvalue weighted by atomic mass is 16.5. The first kappa shape index (κ1) is 9.99. The van der Waals surface area contributed by atoms with Gasteiger partial charge in [-0.1, -0.05) is 13.8 Å². The summed E-state index contributed by atoms with van der Waals surface area (Å²) in [6, 6.07) is 3.86. The van der Waals surface area contributed by atoms with E-state index in [2.05, 4.69) is 18.8 Å². The molecule has 1 atom stereocenters. The zero-order valence-corrected chi connectivity index (χ0v) is 8.32.